The van der Waals surface area contributed by atoms with E-state index in [2.05, 4.69) is 62.4 Å². The van der Waals surface area contributed by atoms with Gasteiger partial charge in [0.05, 0.1) is 0 Å². The van der Waals surface area contributed by atoms with E-state index in [4.69, 9.17) is 0 Å². The van der Waals surface area contributed by atoms with E-state index in [-0.39, 0.29) is 0 Å². The van der Waals surface area contributed by atoms with Crippen molar-refractivity contribution >= 4 is 0 Å². The molecule has 4 rings (SSSR count). The molecule has 0 aliphatic heterocycles. The molecule has 0 bridgehead atoms. The first kappa shape index (κ1) is 26.5. The first-order chi connectivity index (χ1) is 17.3. The van der Waals surface area contributed by atoms with Gasteiger partial charge in [0, 0.05) is 0 Å². The quantitative estimate of drug-likeness (QED) is 0.269. The van der Waals surface area contributed by atoms with Crippen molar-refractivity contribution in [2.24, 2.45) is 11.8 Å². The van der Waals surface area contributed by atoms with E-state index in [1.54, 1.807) is 11.1 Å². The first-order valence-electron chi connectivity index (χ1n) is 15.5. The number of unbranched alkanes of at least 4 members (excludes halogenated alkanes) is 5. The van der Waals surface area contributed by atoms with Crippen molar-refractivity contribution in [3.63, 3.8) is 0 Å². The highest BCUT2D eigenvalue weighted by Crippen LogP contribution is 2.40. The van der Waals surface area contributed by atoms with Crippen LogP contribution < -0.4 is 0 Å². The fourth-order valence-electron chi connectivity index (χ4n) is 6.99. The summed E-state index contributed by atoms with van der Waals surface area (Å²) in [5, 5.41) is 0. The average Bonchev–Trinajstić information content (AvgIpc) is 2.93. The SMILES string of the molecule is CCCCCCC[C@H]1CC[C@H](c2ccc(-c3ccc([C@H]4CC[C@H](CCCC)CC4)cc3)cc2)CC1. The summed E-state index contributed by atoms with van der Waals surface area (Å²) in [4.78, 5) is 0. The zero-order chi connectivity index (χ0) is 24.3. The van der Waals surface area contributed by atoms with E-state index in [0.29, 0.717) is 0 Å². The van der Waals surface area contributed by atoms with Gasteiger partial charge in [-0.3, -0.25) is 0 Å². The molecule has 0 saturated heterocycles. The maximum Gasteiger partial charge on any atom is -0.0162 e. The molecule has 0 spiro atoms. The van der Waals surface area contributed by atoms with Crippen LogP contribution in [0, 0.1) is 11.8 Å². The predicted molar refractivity (Wildman–Crippen MR) is 154 cm³/mol. The highest BCUT2D eigenvalue weighted by molar-refractivity contribution is 5.64. The lowest BCUT2D eigenvalue weighted by molar-refractivity contribution is 0.302. The molecule has 2 aromatic carbocycles. The number of benzene rings is 2. The lowest BCUT2D eigenvalue weighted by atomic mass is 9.76. The minimum atomic E-state index is 0.787. The van der Waals surface area contributed by atoms with Crippen LogP contribution in [0.3, 0.4) is 0 Å². The molecular weight excluding hydrogens is 420 g/mol. The summed E-state index contributed by atoms with van der Waals surface area (Å²) in [6.45, 7) is 4.63. The van der Waals surface area contributed by atoms with Crippen molar-refractivity contribution in [3.8, 4) is 11.1 Å². The van der Waals surface area contributed by atoms with Gasteiger partial charge >= 0.3 is 0 Å². The third-order valence-corrected chi connectivity index (χ3v) is 9.47. The van der Waals surface area contributed by atoms with Crippen molar-refractivity contribution in [1.29, 1.82) is 0 Å². The van der Waals surface area contributed by atoms with E-state index in [9.17, 15) is 0 Å². The second-order valence-electron chi connectivity index (χ2n) is 12.0. The summed E-state index contributed by atoms with van der Waals surface area (Å²) in [6, 6.07) is 19.2. The van der Waals surface area contributed by atoms with Crippen LogP contribution in [0.15, 0.2) is 48.5 Å². The molecule has 0 atom stereocenters. The van der Waals surface area contributed by atoms with E-state index < -0.39 is 0 Å². The second kappa shape index (κ2) is 14.2. The minimum Gasteiger partial charge on any atom is -0.0654 e. The molecule has 2 saturated carbocycles. The largest absolute Gasteiger partial charge is 0.0654 e. The van der Waals surface area contributed by atoms with Gasteiger partial charge in [-0.1, -0.05) is 120 Å². The molecule has 35 heavy (non-hydrogen) atoms. The monoisotopic (exact) mass is 472 g/mol. The van der Waals surface area contributed by atoms with E-state index in [1.165, 1.54) is 120 Å². The topological polar surface area (TPSA) is 0 Å². The maximum atomic E-state index is 2.43. The minimum absolute atomic E-state index is 0.787. The highest BCUT2D eigenvalue weighted by Gasteiger charge is 2.23. The van der Waals surface area contributed by atoms with E-state index >= 15 is 0 Å². The fraction of sp³-hybridized carbons (Fsp3) is 0.657. The van der Waals surface area contributed by atoms with E-state index in [0.717, 1.165) is 23.7 Å². The van der Waals surface area contributed by atoms with Crippen molar-refractivity contribution in [1.82, 2.24) is 0 Å². The zero-order valence-corrected chi connectivity index (χ0v) is 22.9. The van der Waals surface area contributed by atoms with Crippen LogP contribution in [0.5, 0.6) is 0 Å². The Bertz CT molecular complexity index is 813. The first-order valence-corrected chi connectivity index (χ1v) is 15.5. The van der Waals surface area contributed by atoms with Gasteiger partial charge in [0.15, 0.2) is 0 Å². The molecule has 0 nitrogen and oxygen atoms in total. The molecule has 2 aliphatic carbocycles. The number of rotatable bonds is 12. The van der Waals surface area contributed by atoms with Gasteiger partial charge in [0.1, 0.15) is 0 Å². The smallest absolute Gasteiger partial charge is 0.0162 e. The summed E-state index contributed by atoms with van der Waals surface area (Å²) >= 11 is 0. The summed E-state index contributed by atoms with van der Waals surface area (Å²) < 4.78 is 0. The van der Waals surface area contributed by atoms with Gasteiger partial charge in [0.25, 0.3) is 0 Å². The Morgan fingerprint density at radius 2 is 0.857 bits per heavy atom. The van der Waals surface area contributed by atoms with Crippen LogP contribution in [-0.2, 0) is 0 Å². The van der Waals surface area contributed by atoms with Gasteiger partial charge < -0.3 is 0 Å². The average molecular weight is 473 g/mol. The Morgan fingerprint density at radius 3 is 1.29 bits per heavy atom. The summed E-state index contributed by atoms with van der Waals surface area (Å²) in [6.07, 6.45) is 24.2. The van der Waals surface area contributed by atoms with Crippen molar-refractivity contribution < 1.29 is 0 Å². The van der Waals surface area contributed by atoms with Gasteiger partial charge in [-0.25, -0.2) is 0 Å². The molecule has 2 fully saturated rings. The van der Waals surface area contributed by atoms with Gasteiger partial charge in [-0.05, 0) is 97.3 Å². The standard InChI is InChI=1S/C35H52/c1-3-5-7-8-9-11-29-14-18-31(19-15-29)33-22-26-35(27-23-33)34-24-20-32(21-25-34)30-16-12-28(13-17-30)10-6-4-2/h20-31H,3-19H2,1-2H3/t28-,29-,30-,31-. The number of hydrogen-bond acceptors (Lipinski definition) is 0. The van der Waals surface area contributed by atoms with Crippen LogP contribution >= 0.6 is 0 Å². The van der Waals surface area contributed by atoms with Crippen molar-refractivity contribution in [3.05, 3.63) is 59.7 Å². The predicted octanol–water partition coefficient (Wildman–Crippen LogP) is 11.5. The molecular formula is C35H52. The molecule has 0 N–H and O–H groups in total. The van der Waals surface area contributed by atoms with Crippen LogP contribution in [0.4, 0.5) is 0 Å². The normalized spacial score (nSPS) is 25.0. The molecule has 0 heteroatoms. The Labute approximate surface area is 217 Å². The van der Waals surface area contributed by atoms with Gasteiger partial charge in [0.2, 0.25) is 0 Å². The Morgan fingerprint density at radius 1 is 0.457 bits per heavy atom. The van der Waals surface area contributed by atoms with Crippen LogP contribution in [-0.4, -0.2) is 0 Å². The van der Waals surface area contributed by atoms with Crippen LogP contribution in [0.1, 0.15) is 146 Å². The third kappa shape index (κ3) is 7.96. The molecule has 2 aliphatic rings. The van der Waals surface area contributed by atoms with Crippen LogP contribution in [0.2, 0.25) is 0 Å². The van der Waals surface area contributed by atoms with Crippen molar-refractivity contribution in [2.45, 2.75) is 135 Å². The second-order valence-corrected chi connectivity index (χ2v) is 12.0. The molecule has 0 heterocycles. The molecule has 0 radical (unpaired) electrons. The molecule has 0 amide bonds. The fourth-order valence-corrected chi connectivity index (χ4v) is 6.99. The zero-order valence-electron chi connectivity index (χ0n) is 22.9. The molecule has 192 valence electrons. The lowest BCUT2D eigenvalue weighted by Crippen LogP contribution is -2.13. The third-order valence-electron chi connectivity index (χ3n) is 9.47. The summed E-state index contributed by atoms with van der Waals surface area (Å²) in [7, 11) is 0. The molecule has 0 unspecified atom stereocenters. The van der Waals surface area contributed by atoms with E-state index in [1.807, 2.05) is 0 Å². The number of hydrogen-bond donors (Lipinski definition) is 0. The van der Waals surface area contributed by atoms with Crippen LogP contribution in [0.25, 0.3) is 11.1 Å². The highest BCUT2D eigenvalue weighted by atomic mass is 14.3. The molecule has 0 aromatic heterocycles. The van der Waals surface area contributed by atoms with Gasteiger partial charge in [-0.2, -0.15) is 0 Å². The Hall–Kier alpha value is -1.56. The summed E-state index contributed by atoms with van der Waals surface area (Å²) in [5.41, 5.74) is 5.90. The summed E-state index contributed by atoms with van der Waals surface area (Å²) in [5.74, 6) is 3.57. The Kier molecular flexibility index (Phi) is 10.8. The van der Waals surface area contributed by atoms with Crippen molar-refractivity contribution in [2.75, 3.05) is 0 Å². The Balaban J connectivity index is 1.23. The van der Waals surface area contributed by atoms with Gasteiger partial charge in [-0.15, -0.1) is 0 Å². The lowest BCUT2D eigenvalue weighted by Gasteiger charge is -2.29. The molecule has 2 aromatic rings. The maximum absolute atomic E-state index is 2.43.